The van der Waals surface area contributed by atoms with Crippen LogP contribution in [0.25, 0.3) is 17.0 Å². The molecule has 2 amide bonds. The van der Waals surface area contributed by atoms with Crippen molar-refractivity contribution in [3.05, 3.63) is 59.8 Å². The van der Waals surface area contributed by atoms with Gasteiger partial charge in [-0.15, -0.1) is 0 Å². The van der Waals surface area contributed by atoms with Crippen molar-refractivity contribution in [2.24, 2.45) is 0 Å². The van der Waals surface area contributed by atoms with Crippen molar-refractivity contribution in [3.63, 3.8) is 0 Å². The lowest BCUT2D eigenvalue weighted by molar-refractivity contribution is -0.121. The minimum atomic E-state index is -0.258. The van der Waals surface area contributed by atoms with Crippen LogP contribution in [0.3, 0.4) is 0 Å². The molecule has 0 bridgehead atoms. The lowest BCUT2D eigenvalue weighted by Crippen LogP contribution is -2.23. The second-order valence-electron chi connectivity index (χ2n) is 7.78. The Bertz CT molecular complexity index is 1200. The first-order chi connectivity index (χ1) is 15.5. The first-order valence-corrected chi connectivity index (χ1v) is 10.7. The molecule has 166 valence electrons. The van der Waals surface area contributed by atoms with Crippen LogP contribution in [0.1, 0.15) is 25.0 Å². The van der Waals surface area contributed by atoms with Gasteiger partial charge >= 0.3 is 0 Å². The van der Waals surface area contributed by atoms with Gasteiger partial charge in [-0.1, -0.05) is 6.07 Å². The molecule has 2 aromatic carbocycles. The molecule has 0 fully saturated rings. The number of hydrogen-bond donors (Lipinski definition) is 2. The molecule has 2 heterocycles. The Morgan fingerprint density at radius 1 is 1.25 bits per heavy atom. The smallest absolute Gasteiger partial charge is 0.248 e. The summed E-state index contributed by atoms with van der Waals surface area (Å²) in [7, 11) is 1.61. The van der Waals surface area contributed by atoms with E-state index >= 15 is 0 Å². The maximum absolute atomic E-state index is 12.6. The lowest BCUT2D eigenvalue weighted by atomic mass is 10.1. The van der Waals surface area contributed by atoms with Crippen molar-refractivity contribution in [1.29, 1.82) is 0 Å². The zero-order chi connectivity index (χ0) is 22.7. The molecule has 3 aromatic rings. The van der Waals surface area contributed by atoms with Gasteiger partial charge in [0, 0.05) is 42.6 Å². The zero-order valence-electron chi connectivity index (χ0n) is 18.5. The number of carbonyl (C=O) groups excluding carboxylic acids is 2. The molecule has 0 saturated heterocycles. The van der Waals surface area contributed by atoms with Crippen LogP contribution in [0.2, 0.25) is 0 Å². The number of amides is 2. The zero-order valence-corrected chi connectivity index (χ0v) is 18.5. The number of rotatable bonds is 7. The van der Waals surface area contributed by atoms with Crippen LogP contribution in [-0.4, -0.2) is 36.1 Å². The third-order valence-corrected chi connectivity index (χ3v) is 5.38. The number of nitrogens with zero attached hydrogens (tertiary/aromatic N) is 1. The molecule has 1 aliphatic rings. The van der Waals surface area contributed by atoms with Crippen molar-refractivity contribution in [1.82, 2.24) is 9.88 Å². The molecular formula is C25H27N3O4. The number of anilines is 1. The summed E-state index contributed by atoms with van der Waals surface area (Å²) in [5.74, 6) is 1.23. The molecule has 1 unspecified atom stereocenters. The highest BCUT2D eigenvalue weighted by atomic mass is 16.5. The minimum absolute atomic E-state index is 0.0855. The summed E-state index contributed by atoms with van der Waals surface area (Å²) in [6.45, 7) is 4.72. The Morgan fingerprint density at radius 3 is 2.88 bits per heavy atom. The highest BCUT2D eigenvalue weighted by Gasteiger charge is 2.21. The SMILES string of the molecule is CCOc1cc2c(cc1C=CC(=O)Nc1ccc3ccn(CC(=O)NC)c3c1)OC(C)C2. The molecule has 1 aliphatic heterocycles. The van der Waals surface area contributed by atoms with Crippen molar-refractivity contribution in [2.75, 3.05) is 19.0 Å². The van der Waals surface area contributed by atoms with Gasteiger partial charge in [0.15, 0.2) is 0 Å². The molecule has 4 rings (SSSR count). The van der Waals surface area contributed by atoms with Gasteiger partial charge in [-0.25, -0.2) is 0 Å². The van der Waals surface area contributed by atoms with Crippen LogP contribution >= 0.6 is 0 Å². The molecule has 1 aromatic heterocycles. The van der Waals surface area contributed by atoms with E-state index in [9.17, 15) is 9.59 Å². The summed E-state index contributed by atoms with van der Waals surface area (Å²) in [5, 5.41) is 6.50. The van der Waals surface area contributed by atoms with Crippen LogP contribution in [0.4, 0.5) is 5.69 Å². The highest BCUT2D eigenvalue weighted by molar-refractivity contribution is 6.03. The monoisotopic (exact) mass is 433 g/mol. The van der Waals surface area contributed by atoms with E-state index in [1.54, 1.807) is 13.1 Å². The molecule has 0 saturated carbocycles. The molecule has 7 nitrogen and oxygen atoms in total. The van der Waals surface area contributed by atoms with Crippen LogP contribution in [-0.2, 0) is 22.6 Å². The van der Waals surface area contributed by atoms with E-state index in [2.05, 4.69) is 10.6 Å². The van der Waals surface area contributed by atoms with Gasteiger partial charge in [0.05, 0.1) is 12.1 Å². The van der Waals surface area contributed by atoms with Crippen molar-refractivity contribution in [2.45, 2.75) is 32.9 Å². The number of benzene rings is 2. The van der Waals surface area contributed by atoms with E-state index < -0.39 is 0 Å². The van der Waals surface area contributed by atoms with E-state index in [4.69, 9.17) is 9.47 Å². The number of likely N-dealkylation sites (N-methyl/N-ethyl adjacent to an activating group) is 1. The lowest BCUT2D eigenvalue weighted by Gasteiger charge is -2.10. The summed E-state index contributed by atoms with van der Waals surface area (Å²) in [6.07, 6.45) is 6.07. The topological polar surface area (TPSA) is 81.6 Å². The third kappa shape index (κ3) is 4.61. The normalized spacial score (nSPS) is 14.9. The minimum Gasteiger partial charge on any atom is -0.493 e. The first kappa shape index (κ1) is 21.5. The summed E-state index contributed by atoms with van der Waals surface area (Å²) < 4.78 is 13.5. The Labute approximate surface area is 187 Å². The number of aromatic nitrogens is 1. The Hall–Kier alpha value is -3.74. The van der Waals surface area contributed by atoms with E-state index in [1.807, 2.05) is 61.0 Å². The van der Waals surface area contributed by atoms with Crippen LogP contribution in [0.15, 0.2) is 48.7 Å². The summed E-state index contributed by atoms with van der Waals surface area (Å²) in [5.41, 5.74) is 3.44. The average molecular weight is 434 g/mol. The maximum Gasteiger partial charge on any atom is 0.248 e. The van der Waals surface area contributed by atoms with Gasteiger partial charge in [0.2, 0.25) is 11.8 Å². The first-order valence-electron chi connectivity index (χ1n) is 10.7. The fourth-order valence-corrected chi connectivity index (χ4v) is 3.85. The van der Waals surface area contributed by atoms with Crippen LogP contribution in [0.5, 0.6) is 11.5 Å². The molecular weight excluding hydrogens is 406 g/mol. The molecule has 32 heavy (non-hydrogen) atoms. The molecule has 0 radical (unpaired) electrons. The fourth-order valence-electron chi connectivity index (χ4n) is 3.85. The second-order valence-corrected chi connectivity index (χ2v) is 7.78. The van der Waals surface area contributed by atoms with Crippen molar-refractivity contribution < 1.29 is 19.1 Å². The Kier molecular flexibility index (Phi) is 6.16. The number of ether oxygens (including phenoxy) is 2. The van der Waals surface area contributed by atoms with Gasteiger partial charge in [-0.3, -0.25) is 9.59 Å². The number of nitrogens with one attached hydrogen (secondary N) is 2. The van der Waals surface area contributed by atoms with Gasteiger partial charge < -0.3 is 24.7 Å². The molecule has 2 N–H and O–H groups in total. The van der Waals surface area contributed by atoms with E-state index in [0.717, 1.165) is 39.9 Å². The maximum atomic E-state index is 12.6. The van der Waals surface area contributed by atoms with Crippen molar-refractivity contribution in [3.8, 4) is 11.5 Å². The van der Waals surface area contributed by atoms with E-state index in [0.29, 0.717) is 12.3 Å². The second kappa shape index (κ2) is 9.18. The van der Waals surface area contributed by atoms with E-state index in [-0.39, 0.29) is 24.5 Å². The van der Waals surface area contributed by atoms with Crippen LogP contribution in [0, 0.1) is 0 Å². The van der Waals surface area contributed by atoms with E-state index in [1.165, 1.54) is 6.08 Å². The summed E-state index contributed by atoms with van der Waals surface area (Å²) in [4.78, 5) is 24.3. The predicted octanol–water partition coefficient (Wildman–Crippen LogP) is 3.76. The van der Waals surface area contributed by atoms with Gasteiger partial charge in [0.1, 0.15) is 24.1 Å². The van der Waals surface area contributed by atoms with Crippen molar-refractivity contribution >= 4 is 34.5 Å². The van der Waals surface area contributed by atoms with Gasteiger partial charge in [-0.2, -0.15) is 0 Å². The molecule has 1 atom stereocenters. The average Bonchev–Trinajstić information content (AvgIpc) is 3.33. The van der Waals surface area contributed by atoms with Gasteiger partial charge in [0.25, 0.3) is 0 Å². The molecule has 7 heteroatoms. The summed E-state index contributed by atoms with van der Waals surface area (Å²) >= 11 is 0. The Morgan fingerprint density at radius 2 is 2.09 bits per heavy atom. The van der Waals surface area contributed by atoms with Crippen LogP contribution < -0.4 is 20.1 Å². The number of hydrogen-bond acceptors (Lipinski definition) is 4. The molecule has 0 aliphatic carbocycles. The largest absolute Gasteiger partial charge is 0.493 e. The number of carbonyl (C=O) groups is 2. The van der Waals surface area contributed by atoms with Gasteiger partial charge in [-0.05, 0) is 55.6 Å². The Balaban J connectivity index is 1.51. The fraction of sp³-hybridized carbons (Fsp3) is 0.280. The standard InChI is InChI=1S/C25H27N3O4/c1-4-31-22-13-19-11-16(2)32-23(19)12-18(22)6-8-24(29)27-20-7-5-17-9-10-28(21(17)14-20)15-25(30)26-3/h5-10,12-14,16H,4,11,15H2,1-3H3,(H,26,30)(H,27,29). The quantitative estimate of drug-likeness (QED) is 0.556. The predicted molar refractivity (Wildman–Crippen MR) is 125 cm³/mol. The highest BCUT2D eigenvalue weighted by Crippen LogP contribution is 2.35. The summed E-state index contributed by atoms with van der Waals surface area (Å²) in [6, 6.07) is 11.5. The molecule has 0 spiro atoms. The number of fused-ring (bicyclic) bond motifs is 2. The third-order valence-electron chi connectivity index (χ3n) is 5.38.